The number of benzene rings is 2. The standard InChI is InChI=1S/C23H23N3O3/c1-16(2)29-21-11-9-19(10-12-21)25-22(27)17-13-18(15-24-14-17)23(28)26(3)20-7-5-4-6-8-20/h4-16H,1-3H3,(H,25,27). The van der Waals surface area contributed by atoms with Crippen LogP contribution in [0.3, 0.4) is 0 Å². The Hall–Kier alpha value is -3.67. The summed E-state index contributed by atoms with van der Waals surface area (Å²) in [6.45, 7) is 3.90. The summed E-state index contributed by atoms with van der Waals surface area (Å²) in [5.41, 5.74) is 2.03. The molecular weight excluding hydrogens is 366 g/mol. The Morgan fingerprint density at radius 1 is 0.966 bits per heavy atom. The van der Waals surface area contributed by atoms with Crippen LogP contribution in [0.1, 0.15) is 34.6 Å². The Morgan fingerprint density at radius 3 is 2.28 bits per heavy atom. The molecule has 1 aromatic heterocycles. The van der Waals surface area contributed by atoms with Crippen molar-refractivity contribution in [3.8, 4) is 5.75 Å². The number of carbonyl (C=O) groups is 2. The summed E-state index contributed by atoms with van der Waals surface area (Å²) in [4.78, 5) is 30.9. The number of para-hydroxylation sites is 1. The topological polar surface area (TPSA) is 71.5 Å². The molecule has 29 heavy (non-hydrogen) atoms. The molecule has 0 atom stereocenters. The van der Waals surface area contributed by atoms with Crippen LogP contribution >= 0.6 is 0 Å². The van der Waals surface area contributed by atoms with Gasteiger partial charge in [-0.25, -0.2) is 0 Å². The van der Waals surface area contributed by atoms with Crippen molar-refractivity contribution < 1.29 is 14.3 Å². The normalized spacial score (nSPS) is 10.5. The van der Waals surface area contributed by atoms with Crippen LogP contribution in [0.2, 0.25) is 0 Å². The van der Waals surface area contributed by atoms with Crippen LogP contribution in [-0.4, -0.2) is 29.9 Å². The van der Waals surface area contributed by atoms with Crippen LogP contribution in [0.25, 0.3) is 0 Å². The van der Waals surface area contributed by atoms with Gasteiger partial charge in [0.05, 0.1) is 17.2 Å². The zero-order chi connectivity index (χ0) is 20.8. The van der Waals surface area contributed by atoms with E-state index in [2.05, 4.69) is 10.3 Å². The molecule has 0 fully saturated rings. The van der Waals surface area contributed by atoms with Gasteiger partial charge < -0.3 is 15.0 Å². The number of aromatic nitrogens is 1. The molecular formula is C23H23N3O3. The predicted octanol–water partition coefficient (Wildman–Crippen LogP) is 4.40. The third kappa shape index (κ3) is 5.19. The molecule has 2 amide bonds. The van der Waals surface area contributed by atoms with E-state index >= 15 is 0 Å². The van der Waals surface area contributed by atoms with Gasteiger partial charge in [-0.3, -0.25) is 14.6 Å². The number of pyridine rings is 1. The minimum absolute atomic E-state index is 0.0795. The van der Waals surface area contributed by atoms with Crippen LogP contribution in [0.15, 0.2) is 73.1 Å². The molecule has 0 saturated carbocycles. The van der Waals surface area contributed by atoms with Crippen LogP contribution in [-0.2, 0) is 0 Å². The first-order valence-electron chi connectivity index (χ1n) is 9.30. The highest BCUT2D eigenvalue weighted by atomic mass is 16.5. The molecule has 0 spiro atoms. The molecule has 1 heterocycles. The lowest BCUT2D eigenvalue weighted by molar-refractivity contribution is 0.0992. The van der Waals surface area contributed by atoms with E-state index in [4.69, 9.17) is 4.74 Å². The largest absolute Gasteiger partial charge is 0.491 e. The van der Waals surface area contributed by atoms with Crippen molar-refractivity contribution in [1.29, 1.82) is 0 Å². The fourth-order valence-corrected chi connectivity index (χ4v) is 2.74. The van der Waals surface area contributed by atoms with Gasteiger partial charge in [0.15, 0.2) is 0 Å². The van der Waals surface area contributed by atoms with Crippen molar-refractivity contribution in [3.63, 3.8) is 0 Å². The molecule has 0 aliphatic carbocycles. The summed E-state index contributed by atoms with van der Waals surface area (Å²) >= 11 is 0. The minimum atomic E-state index is -0.341. The number of hydrogen-bond donors (Lipinski definition) is 1. The molecule has 0 aliphatic heterocycles. The predicted molar refractivity (Wildman–Crippen MR) is 114 cm³/mol. The van der Waals surface area contributed by atoms with Crippen molar-refractivity contribution in [2.45, 2.75) is 20.0 Å². The van der Waals surface area contributed by atoms with Gasteiger partial charge in [-0.15, -0.1) is 0 Å². The second kappa shape index (κ2) is 9.01. The van der Waals surface area contributed by atoms with E-state index in [1.165, 1.54) is 17.3 Å². The average Bonchev–Trinajstić information content (AvgIpc) is 2.74. The molecule has 0 aliphatic rings. The number of ether oxygens (including phenoxy) is 1. The van der Waals surface area contributed by atoms with Gasteiger partial charge in [-0.1, -0.05) is 18.2 Å². The van der Waals surface area contributed by atoms with Crippen LogP contribution in [0.4, 0.5) is 11.4 Å². The zero-order valence-electron chi connectivity index (χ0n) is 16.6. The maximum Gasteiger partial charge on any atom is 0.259 e. The smallest absolute Gasteiger partial charge is 0.259 e. The minimum Gasteiger partial charge on any atom is -0.491 e. The third-order valence-corrected chi connectivity index (χ3v) is 4.18. The molecule has 1 N–H and O–H groups in total. The van der Waals surface area contributed by atoms with Gasteiger partial charge >= 0.3 is 0 Å². The lowest BCUT2D eigenvalue weighted by Gasteiger charge is -2.17. The second-order valence-corrected chi connectivity index (χ2v) is 6.81. The highest BCUT2D eigenvalue weighted by molar-refractivity contribution is 6.09. The summed E-state index contributed by atoms with van der Waals surface area (Å²) in [6, 6.07) is 17.9. The van der Waals surface area contributed by atoms with E-state index in [-0.39, 0.29) is 17.9 Å². The van der Waals surface area contributed by atoms with Gasteiger partial charge in [0.1, 0.15) is 5.75 Å². The molecule has 0 radical (unpaired) electrons. The summed E-state index contributed by atoms with van der Waals surface area (Å²) in [6.07, 6.45) is 2.97. The molecule has 0 unspecified atom stereocenters. The van der Waals surface area contributed by atoms with Gasteiger partial charge in [-0.05, 0) is 56.3 Å². The van der Waals surface area contributed by atoms with E-state index in [0.29, 0.717) is 16.8 Å². The van der Waals surface area contributed by atoms with E-state index in [1.807, 2.05) is 44.2 Å². The van der Waals surface area contributed by atoms with Crippen molar-refractivity contribution in [1.82, 2.24) is 4.98 Å². The fourth-order valence-electron chi connectivity index (χ4n) is 2.74. The number of carbonyl (C=O) groups excluding carboxylic acids is 2. The van der Waals surface area contributed by atoms with Crippen LogP contribution < -0.4 is 15.0 Å². The lowest BCUT2D eigenvalue weighted by atomic mass is 10.1. The van der Waals surface area contributed by atoms with E-state index in [0.717, 1.165) is 11.4 Å². The molecule has 148 valence electrons. The number of anilines is 2. The van der Waals surface area contributed by atoms with Crippen molar-refractivity contribution in [3.05, 3.63) is 84.2 Å². The van der Waals surface area contributed by atoms with E-state index in [9.17, 15) is 9.59 Å². The Balaban J connectivity index is 1.71. The lowest BCUT2D eigenvalue weighted by Crippen LogP contribution is -2.26. The number of rotatable bonds is 6. The van der Waals surface area contributed by atoms with Crippen LogP contribution in [0.5, 0.6) is 5.75 Å². The number of amides is 2. The summed E-state index contributed by atoms with van der Waals surface area (Å²) in [5.74, 6) is 0.150. The Labute approximate surface area is 170 Å². The zero-order valence-corrected chi connectivity index (χ0v) is 16.6. The molecule has 3 rings (SSSR count). The molecule has 3 aromatic rings. The quantitative estimate of drug-likeness (QED) is 0.678. The summed E-state index contributed by atoms with van der Waals surface area (Å²) in [5, 5.41) is 2.81. The summed E-state index contributed by atoms with van der Waals surface area (Å²) in [7, 11) is 1.69. The van der Waals surface area contributed by atoms with Gasteiger partial charge in [-0.2, -0.15) is 0 Å². The number of nitrogens with zero attached hydrogens (tertiary/aromatic N) is 2. The van der Waals surface area contributed by atoms with Gasteiger partial charge in [0.2, 0.25) is 0 Å². The molecule has 6 heteroatoms. The van der Waals surface area contributed by atoms with E-state index in [1.54, 1.807) is 37.4 Å². The molecule has 0 saturated heterocycles. The maximum absolute atomic E-state index is 12.7. The molecule has 6 nitrogen and oxygen atoms in total. The maximum atomic E-state index is 12.7. The first-order chi connectivity index (χ1) is 13.9. The fraction of sp³-hybridized carbons (Fsp3) is 0.174. The highest BCUT2D eigenvalue weighted by Gasteiger charge is 2.16. The third-order valence-electron chi connectivity index (χ3n) is 4.18. The Kier molecular flexibility index (Phi) is 6.24. The van der Waals surface area contributed by atoms with E-state index < -0.39 is 0 Å². The number of nitrogens with one attached hydrogen (secondary N) is 1. The number of hydrogen-bond acceptors (Lipinski definition) is 4. The SMILES string of the molecule is CC(C)Oc1ccc(NC(=O)c2cncc(C(=O)N(C)c3ccccc3)c2)cc1. The first kappa shape index (κ1) is 20.1. The van der Waals surface area contributed by atoms with Crippen molar-refractivity contribution in [2.75, 3.05) is 17.3 Å². The summed E-state index contributed by atoms with van der Waals surface area (Å²) < 4.78 is 5.59. The monoisotopic (exact) mass is 389 g/mol. The van der Waals surface area contributed by atoms with Crippen molar-refractivity contribution >= 4 is 23.2 Å². The van der Waals surface area contributed by atoms with Crippen LogP contribution in [0, 0.1) is 0 Å². The average molecular weight is 389 g/mol. The van der Waals surface area contributed by atoms with Crippen molar-refractivity contribution in [2.24, 2.45) is 0 Å². The second-order valence-electron chi connectivity index (χ2n) is 6.81. The Bertz CT molecular complexity index is 986. The molecule has 0 bridgehead atoms. The van der Waals surface area contributed by atoms with Gasteiger partial charge in [0, 0.05) is 30.8 Å². The van der Waals surface area contributed by atoms with Gasteiger partial charge in [0.25, 0.3) is 11.8 Å². The molecule has 2 aromatic carbocycles. The Morgan fingerprint density at radius 2 is 1.62 bits per heavy atom. The first-order valence-corrected chi connectivity index (χ1v) is 9.30. The highest BCUT2D eigenvalue weighted by Crippen LogP contribution is 2.18.